The highest BCUT2D eigenvalue weighted by Crippen LogP contribution is 2.33. The molecule has 30 heavy (non-hydrogen) atoms. The molecular formula is C22H23N3O4S. The number of nitrogens with one attached hydrogen (secondary N) is 1. The summed E-state index contributed by atoms with van der Waals surface area (Å²) in [6, 6.07) is 9.49. The van der Waals surface area contributed by atoms with Crippen LogP contribution in [-0.2, 0) is 40.3 Å². The first-order chi connectivity index (χ1) is 14.6. The largest absolute Gasteiger partial charge is 0.456 e. The van der Waals surface area contributed by atoms with E-state index in [2.05, 4.69) is 10.3 Å². The molecule has 1 aliphatic carbocycles. The first-order valence-electron chi connectivity index (χ1n) is 10.1. The predicted octanol–water partition coefficient (Wildman–Crippen LogP) is 2.59. The van der Waals surface area contributed by atoms with Gasteiger partial charge in [0, 0.05) is 18.0 Å². The Morgan fingerprint density at radius 1 is 1.17 bits per heavy atom. The average Bonchev–Trinajstić information content (AvgIpc) is 3.16. The van der Waals surface area contributed by atoms with Gasteiger partial charge in [0.25, 0.3) is 11.5 Å². The molecule has 3 aromatic rings. The van der Waals surface area contributed by atoms with E-state index >= 15 is 0 Å². The first-order valence-corrected chi connectivity index (χ1v) is 10.9. The lowest BCUT2D eigenvalue weighted by molar-refractivity contribution is -0.148. The van der Waals surface area contributed by atoms with Crippen molar-refractivity contribution in [2.75, 3.05) is 6.61 Å². The van der Waals surface area contributed by atoms with Gasteiger partial charge in [0.05, 0.1) is 18.1 Å². The molecule has 0 aliphatic heterocycles. The number of carbonyl (C=O) groups is 2. The van der Waals surface area contributed by atoms with E-state index in [1.165, 1.54) is 15.8 Å². The van der Waals surface area contributed by atoms with Gasteiger partial charge in [0.1, 0.15) is 4.83 Å². The summed E-state index contributed by atoms with van der Waals surface area (Å²) in [4.78, 5) is 43.2. The number of aromatic nitrogens is 2. The number of amides is 1. The van der Waals surface area contributed by atoms with Crippen molar-refractivity contribution in [3.05, 3.63) is 63.0 Å². The summed E-state index contributed by atoms with van der Waals surface area (Å²) in [5.74, 6) is -0.887. The van der Waals surface area contributed by atoms with Crippen LogP contribution in [0.25, 0.3) is 10.2 Å². The Hall–Kier alpha value is -3.00. The fraction of sp³-hybridized carbons (Fsp3) is 0.364. The lowest BCUT2D eigenvalue weighted by Gasteiger charge is -2.10. The molecule has 0 saturated heterocycles. The molecule has 0 atom stereocenters. The van der Waals surface area contributed by atoms with E-state index in [1.54, 1.807) is 11.3 Å². The predicted molar refractivity (Wildman–Crippen MR) is 114 cm³/mol. The number of benzene rings is 1. The van der Waals surface area contributed by atoms with Crippen molar-refractivity contribution >= 4 is 33.4 Å². The second kappa shape index (κ2) is 9.21. The lowest BCUT2D eigenvalue weighted by Crippen LogP contribution is -2.29. The SMILES string of the molecule is O=C(COC(=O)CCn1cnc2sc3c(c2c1=O)CCCC3)NCc1ccccc1. The zero-order chi connectivity index (χ0) is 20.9. The van der Waals surface area contributed by atoms with Gasteiger partial charge in [-0.05, 0) is 36.8 Å². The average molecular weight is 426 g/mol. The Morgan fingerprint density at radius 3 is 2.80 bits per heavy atom. The van der Waals surface area contributed by atoms with Crippen molar-refractivity contribution in [3.8, 4) is 0 Å². The summed E-state index contributed by atoms with van der Waals surface area (Å²) in [5, 5.41) is 3.40. The van der Waals surface area contributed by atoms with Gasteiger partial charge in [-0.3, -0.25) is 19.0 Å². The molecule has 1 aromatic carbocycles. The number of rotatable bonds is 7. The zero-order valence-electron chi connectivity index (χ0n) is 16.6. The van der Waals surface area contributed by atoms with Crippen LogP contribution in [0, 0.1) is 0 Å². The van der Waals surface area contributed by atoms with Crippen molar-refractivity contribution in [3.63, 3.8) is 0 Å². The Bertz CT molecular complexity index is 1120. The first kappa shape index (κ1) is 20.3. The van der Waals surface area contributed by atoms with Crippen molar-refractivity contribution in [2.45, 2.75) is 45.2 Å². The zero-order valence-corrected chi connectivity index (χ0v) is 17.4. The highest BCUT2D eigenvalue weighted by molar-refractivity contribution is 7.18. The molecule has 0 spiro atoms. The number of carbonyl (C=O) groups excluding carboxylic acids is 2. The second-order valence-corrected chi connectivity index (χ2v) is 8.39. The van der Waals surface area contributed by atoms with Gasteiger partial charge in [-0.2, -0.15) is 0 Å². The van der Waals surface area contributed by atoms with E-state index < -0.39 is 5.97 Å². The molecule has 0 radical (unpaired) electrons. The van der Waals surface area contributed by atoms with Gasteiger partial charge >= 0.3 is 5.97 Å². The molecule has 0 fully saturated rings. The van der Waals surface area contributed by atoms with E-state index in [0.717, 1.165) is 41.6 Å². The third-order valence-electron chi connectivity index (χ3n) is 5.20. The van der Waals surface area contributed by atoms with Crippen LogP contribution in [0.3, 0.4) is 0 Å². The maximum Gasteiger partial charge on any atom is 0.308 e. The molecule has 0 unspecified atom stereocenters. The monoisotopic (exact) mass is 425 g/mol. The molecule has 2 aromatic heterocycles. The van der Waals surface area contributed by atoms with E-state index in [1.807, 2.05) is 30.3 Å². The standard InChI is InChI=1S/C22H23N3O4S/c26-18(23-12-15-6-2-1-3-7-15)13-29-19(27)10-11-25-14-24-21-20(22(25)28)16-8-4-5-9-17(16)30-21/h1-3,6-7,14H,4-5,8-13H2,(H,23,26). The molecule has 4 rings (SSSR count). The van der Waals surface area contributed by atoms with Gasteiger partial charge in [0.15, 0.2) is 6.61 Å². The van der Waals surface area contributed by atoms with Gasteiger partial charge in [-0.25, -0.2) is 4.98 Å². The molecule has 8 heteroatoms. The van der Waals surface area contributed by atoms with Gasteiger partial charge < -0.3 is 10.1 Å². The minimum Gasteiger partial charge on any atom is -0.456 e. The highest BCUT2D eigenvalue weighted by Gasteiger charge is 2.20. The second-order valence-electron chi connectivity index (χ2n) is 7.31. The van der Waals surface area contributed by atoms with Crippen molar-refractivity contribution in [1.29, 1.82) is 0 Å². The quantitative estimate of drug-likeness (QED) is 0.588. The Morgan fingerprint density at radius 2 is 1.97 bits per heavy atom. The number of ether oxygens (including phenoxy) is 1. The Kier molecular flexibility index (Phi) is 6.23. The van der Waals surface area contributed by atoms with Gasteiger partial charge in [-0.1, -0.05) is 30.3 Å². The van der Waals surface area contributed by atoms with Gasteiger partial charge in [0.2, 0.25) is 0 Å². The van der Waals surface area contributed by atoms with Crippen LogP contribution in [0.4, 0.5) is 0 Å². The lowest BCUT2D eigenvalue weighted by atomic mass is 9.97. The highest BCUT2D eigenvalue weighted by atomic mass is 32.1. The number of hydrogen-bond donors (Lipinski definition) is 1. The van der Waals surface area contributed by atoms with Crippen molar-refractivity contribution in [1.82, 2.24) is 14.9 Å². The minimum absolute atomic E-state index is 0.00534. The molecular weight excluding hydrogens is 402 g/mol. The summed E-state index contributed by atoms with van der Waals surface area (Å²) in [5.41, 5.74) is 1.99. The van der Waals surface area contributed by atoms with E-state index in [0.29, 0.717) is 11.9 Å². The summed E-state index contributed by atoms with van der Waals surface area (Å²) in [7, 11) is 0. The number of nitrogens with zero attached hydrogens (tertiary/aromatic N) is 2. The maximum atomic E-state index is 12.9. The molecule has 0 bridgehead atoms. The van der Waals surface area contributed by atoms with Crippen LogP contribution in [0.15, 0.2) is 41.5 Å². The van der Waals surface area contributed by atoms with Crippen LogP contribution in [0.1, 0.15) is 35.3 Å². The number of hydrogen-bond acceptors (Lipinski definition) is 6. The fourth-order valence-corrected chi connectivity index (χ4v) is 4.84. The Labute approximate surface area is 177 Å². The maximum absolute atomic E-state index is 12.9. The summed E-state index contributed by atoms with van der Waals surface area (Å²) >= 11 is 1.60. The molecule has 1 aliphatic rings. The van der Waals surface area contributed by atoms with Crippen molar-refractivity contribution < 1.29 is 14.3 Å². The van der Waals surface area contributed by atoms with E-state index in [9.17, 15) is 14.4 Å². The van der Waals surface area contributed by atoms with E-state index in [-0.39, 0.29) is 31.0 Å². The third-order valence-corrected chi connectivity index (χ3v) is 6.40. The molecule has 156 valence electrons. The summed E-state index contributed by atoms with van der Waals surface area (Å²) < 4.78 is 6.49. The third kappa shape index (κ3) is 4.59. The van der Waals surface area contributed by atoms with Crippen LogP contribution in [-0.4, -0.2) is 28.0 Å². The number of fused-ring (bicyclic) bond motifs is 3. The normalized spacial score (nSPS) is 13.1. The molecule has 1 amide bonds. The molecule has 0 saturated carbocycles. The number of aryl methyl sites for hydroxylation is 3. The number of esters is 1. The smallest absolute Gasteiger partial charge is 0.308 e. The molecule has 7 nitrogen and oxygen atoms in total. The van der Waals surface area contributed by atoms with Crippen LogP contribution >= 0.6 is 11.3 Å². The van der Waals surface area contributed by atoms with Gasteiger partial charge in [-0.15, -0.1) is 11.3 Å². The van der Waals surface area contributed by atoms with Crippen LogP contribution in [0.2, 0.25) is 0 Å². The van der Waals surface area contributed by atoms with Crippen molar-refractivity contribution in [2.24, 2.45) is 0 Å². The summed E-state index contributed by atoms with van der Waals surface area (Å²) in [6.07, 6.45) is 5.66. The van der Waals surface area contributed by atoms with E-state index in [4.69, 9.17) is 4.74 Å². The number of thiophene rings is 1. The molecule has 1 N–H and O–H groups in total. The topological polar surface area (TPSA) is 90.3 Å². The minimum atomic E-state index is -0.524. The molecule has 2 heterocycles. The fourth-order valence-electron chi connectivity index (χ4n) is 3.62. The Balaban J connectivity index is 1.29. The van der Waals surface area contributed by atoms with Crippen LogP contribution < -0.4 is 10.9 Å². The summed E-state index contributed by atoms with van der Waals surface area (Å²) in [6.45, 7) is 0.218. The van der Waals surface area contributed by atoms with Crippen LogP contribution in [0.5, 0.6) is 0 Å².